The van der Waals surface area contributed by atoms with Gasteiger partial charge in [0, 0.05) is 13.2 Å². The number of hydrogen-bond donors (Lipinski definition) is 1. The lowest BCUT2D eigenvalue weighted by atomic mass is 10.1. The third-order valence-electron chi connectivity index (χ3n) is 3.18. The molecule has 0 aromatic carbocycles. The zero-order valence-electron chi connectivity index (χ0n) is 12.5. The van der Waals surface area contributed by atoms with Crippen LogP contribution >= 0.6 is 10.5 Å². The quantitative estimate of drug-likeness (QED) is 0.411. The van der Waals surface area contributed by atoms with E-state index in [9.17, 15) is 0 Å². The molecule has 0 bridgehead atoms. The molecular weight excluding hydrogens is 242 g/mol. The summed E-state index contributed by atoms with van der Waals surface area (Å²) in [6.45, 7) is 6.02. The van der Waals surface area contributed by atoms with Gasteiger partial charge in [-0.05, 0) is 44.4 Å². The van der Waals surface area contributed by atoms with Gasteiger partial charge >= 0.3 is 0 Å². The van der Waals surface area contributed by atoms with E-state index in [1.807, 2.05) is 0 Å². The Bertz CT molecular complexity index is 197. The maximum atomic E-state index is 8.94. The highest BCUT2D eigenvalue weighted by Gasteiger charge is 2.04. The van der Waals surface area contributed by atoms with Gasteiger partial charge in [-0.15, -0.1) is 0 Å². The van der Waals surface area contributed by atoms with Crippen molar-refractivity contribution in [3.8, 4) is 0 Å². The van der Waals surface area contributed by atoms with Crippen molar-refractivity contribution in [1.29, 1.82) is 0 Å². The van der Waals surface area contributed by atoms with E-state index in [0.717, 1.165) is 13.0 Å². The normalized spacial score (nSPS) is 13.1. The van der Waals surface area contributed by atoms with E-state index < -0.39 is 0 Å². The second-order valence-corrected chi connectivity index (χ2v) is 7.14. The molecule has 0 fully saturated rings. The molecule has 0 spiro atoms. The van der Waals surface area contributed by atoms with Crippen molar-refractivity contribution in [3.05, 3.63) is 0 Å². The van der Waals surface area contributed by atoms with Gasteiger partial charge in [0.1, 0.15) is 0 Å². The van der Waals surface area contributed by atoms with Gasteiger partial charge in [0.2, 0.25) is 0 Å². The van der Waals surface area contributed by atoms with Crippen LogP contribution in [-0.2, 0) is 0 Å². The Morgan fingerprint density at radius 2 is 1.56 bits per heavy atom. The van der Waals surface area contributed by atoms with E-state index in [1.54, 1.807) is 0 Å². The maximum Gasteiger partial charge on any atom is 0.0443 e. The Morgan fingerprint density at radius 3 is 2.17 bits per heavy atom. The molecule has 0 saturated heterocycles. The van der Waals surface area contributed by atoms with Crippen molar-refractivity contribution >= 4 is 16.4 Å². The first kappa shape index (κ1) is 18.1. The molecule has 110 valence electrons. The van der Waals surface area contributed by atoms with Gasteiger partial charge in [-0.3, -0.25) is 0 Å². The monoisotopic (exact) mass is 275 g/mol. The number of hydrogen-bond acceptors (Lipinski definition) is 2. The summed E-state index contributed by atoms with van der Waals surface area (Å²) in [5.74, 6) is 5.30. The molecule has 3 heteroatoms. The molecule has 2 nitrogen and oxygen atoms in total. The zero-order valence-corrected chi connectivity index (χ0v) is 13.3. The molecule has 0 amide bonds. The summed E-state index contributed by atoms with van der Waals surface area (Å²) in [5.41, 5.74) is 0. The van der Waals surface area contributed by atoms with E-state index >= 15 is 0 Å². The van der Waals surface area contributed by atoms with Crippen LogP contribution in [0.5, 0.6) is 0 Å². The average Bonchev–Trinajstić information content (AvgIpc) is 2.34. The highest BCUT2D eigenvalue weighted by Crippen LogP contribution is 2.08. The topological polar surface area (TPSA) is 23.5 Å². The summed E-state index contributed by atoms with van der Waals surface area (Å²) >= 11 is 0. The first-order chi connectivity index (χ1) is 8.70. The molecule has 0 radical (unpaired) electrons. The van der Waals surface area contributed by atoms with E-state index in [2.05, 4.69) is 23.9 Å². The van der Waals surface area contributed by atoms with Crippen molar-refractivity contribution in [1.82, 2.24) is 4.90 Å². The second kappa shape index (κ2) is 13.6. The summed E-state index contributed by atoms with van der Waals surface area (Å²) in [6, 6.07) is 0. The third-order valence-corrected chi connectivity index (χ3v) is 4.16. The Morgan fingerprint density at radius 1 is 0.944 bits per heavy atom. The maximum absolute atomic E-state index is 8.94. The van der Waals surface area contributed by atoms with Crippen molar-refractivity contribution < 1.29 is 5.11 Å². The van der Waals surface area contributed by atoms with Gasteiger partial charge in [0.05, 0.1) is 0 Å². The summed E-state index contributed by atoms with van der Waals surface area (Å²) in [4.78, 5) is 2.52. The van der Waals surface area contributed by atoms with Gasteiger partial charge < -0.3 is 10.0 Å². The van der Waals surface area contributed by atoms with Gasteiger partial charge in [-0.25, -0.2) is 0 Å². The molecule has 0 rings (SSSR count). The smallest absolute Gasteiger partial charge is 0.0443 e. The molecule has 0 aliphatic heterocycles. The van der Waals surface area contributed by atoms with E-state index in [0.29, 0.717) is 17.1 Å². The molecule has 0 aromatic rings. The predicted molar refractivity (Wildman–Crippen MR) is 87.0 cm³/mol. The molecule has 1 atom stereocenters. The Kier molecular flexibility index (Phi) is 13.7. The molecule has 0 heterocycles. The van der Waals surface area contributed by atoms with Gasteiger partial charge in [-0.1, -0.05) is 38.5 Å². The largest absolute Gasteiger partial charge is 0.396 e. The van der Waals surface area contributed by atoms with Crippen molar-refractivity contribution in [2.45, 2.75) is 51.9 Å². The molecule has 18 heavy (non-hydrogen) atoms. The number of unbranched alkanes of at least 4 members (excludes halogenated alkanes) is 4. The SMILES string of the molecule is C=S(C)CCCN(CCCO)CCCCCCC. The van der Waals surface area contributed by atoms with Gasteiger partial charge in [0.25, 0.3) is 0 Å². The standard InChI is InChI=1S/C15H33NOS/c1-4-5-6-7-8-11-16(12-9-14-17)13-10-15-18(2)3/h17H,2,4-15H2,1,3H3. The lowest BCUT2D eigenvalue weighted by Crippen LogP contribution is -2.28. The number of aliphatic hydroxyl groups is 1. The number of rotatable bonds is 13. The van der Waals surface area contributed by atoms with Crippen LogP contribution in [0.15, 0.2) is 0 Å². The van der Waals surface area contributed by atoms with Crippen molar-refractivity contribution in [2.24, 2.45) is 0 Å². The van der Waals surface area contributed by atoms with Crippen molar-refractivity contribution in [2.75, 3.05) is 38.2 Å². The second-order valence-electron chi connectivity index (χ2n) is 5.17. The first-order valence-corrected chi connectivity index (χ1v) is 9.43. The third kappa shape index (κ3) is 12.6. The van der Waals surface area contributed by atoms with Crippen LogP contribution in [0, 0.1) is 0 Å². The van der Waals surface area contributed by atoms with E-state index in [4.69, 9.17) is 5.11 Å². The fourth-order valence-corrected chi connectivity index (χ4v) is 2.73. The highest BCUT2D eigenvalue weighted by atomic mass is 32.2. The van der Waals surface area contributed by atoms with Gasteiger partial charge in [0.15, 0.2) is 0 Å². The Hall–Kier alpha value is 0.140. The van der Waals surface area contributed by atoms with Crippen LogP contribution in [0.2, 0.25) is 0 Å². The fraction of sp³-hybridized carbons (Fsp3) is 0.933. The Labute approximate surface area is 117 Å². The Balaban J connectivity index is 3.65. The lowest BCUT2D eigenvalue weighted by molar-refractivity contribution is 0.221. The van der Waals surface area contributed by atoms with Crippen LogP contribution in [0.3, 0.4) is 0 Å². The van der Waals surface area contributed by atoms with E-state index in [1.165, 1.54) is 57.4 Å². The first-order valence-electron chi connectivity index (χ1n) is 7.46. The minimum absolute atomic E-state index is 0.319. The summed E-state index contributed by atoms with van der Waals surface area (Å²) < 4.78 is 0. The molecule has 0 saturated carbocycles. The van der Waals surface area contributed by atoms with Crippen LogP contribution in [0.1, 0.15) is 51.9 Å². The minimum Gasteiger partial charge on any atom is -0.396 e. The lowest BCUT2D eigenvalue weighted by Gasteiger charge is -2.22. The highest BCUT2D eigenvalue weighted by molar-refractivity contribution is 8.13. The number of nitrogens with zero attached hydrogens (tertiary/aromatic N) is 1. The fourth-order valence-electron chi connectivity index (χ4n) is 2.10. The minimum atomic E-state index is 0.319. The van der Waals surface area contributed by atoms with Gasteiger partial charge in [-0.2, -0.15) is 10.5 Å². The summed E-state index contributed by atoms with van der Waals surface area (Å²) in [5, 5.41) is 8.94. The summed E-state index contributed by atoms with van der Waals surface area (Å²) in [6.07, 6.45) is 11.1. The molecular formula is C15H33NOS. The van der Waals surface area contributed by atoms with Crippen molar-refractivity contribution in [3.63, 3.8) is 0 Å². The van der Waals surface area contributed by atoms with Crippen LogP contribution in [-0.4, -0.2) is 54.1 Å². The summed E-state index contributed by atoms with van der Waals surface area (Å²) in [7, 11) is 0.326. The molecule has 0 aromatic heterocycles. The molecule has 1 unspecified atom stereocenters. The van der Waals surface area contributed by atoms with E-state index in [-0.39, 0.29) is 0 Å². The molecule has 1 N–H and O–H groups in total. The number of aliphatic hydroxyl groups excluding tert-OH is 1. The predicted octanol–water partition coefficient (Wildman–Crippen LogP) is 3.36. The van der Waals surface area contributed by atoms with Crippen LogP contribution in [0.4, 0.5) is 0 Å². The molecule has 0 aliphatic carbocycles. The van der Waals surface area contributed by atoms with Crippen LogP contribution < -0.4 is 0 Å². The molecule has 0 aliphatic rings. The zero-order chi connectivity index (χ0) is 13.6. The van der Waals surface area contributed by atoms with Crippen LogP contribution in [0.25, 0.3) is 0 Å². The average molecular weight is 276 g/mol.